The third kappa shape index (κ3) is 4.34. The standard InChI is InChI=1S/C19H26O4/c1-5-18(2,3)17(21)22-15-10-8-14(9-11-15)16(20)23-19(4)12-6-7-13-19/h8-11H,5-7,12-13H2,1-4H3. The first-order chi connectivity index (χ1) is 10.8. The van der Waals surface area contributed by atoms with Crippen molar-refractivity contribution >= 4 is 11.9 Å². The Morgan fingerprint density at radius 1 is 1.13 bits per heavy atom. The molecule has 0 radical (unpaired) electrons. The fourth-order valence-corrected chi connectivity index (χ4v) is 2.56. The van der Waals surface area contributed by atoms with E-state index >= 15 is 0 Å². The molecule has 1 aromatic rings. The molecule has 0 spiro atoms. The summed E-state index contributed by atoms with van der Waals surface area (Å²) >= 11 is 0. The lowest BCUT2D eigenvalue weighted by Crippen LogP contribution is -2.28. The van der Waals surface area contributed by atoms with Gasteiger partial charge in [0, 0.05) is 0 Å². The van der Waals surface area contributed by atoms with E-state index in [1.165, 1.54) is 0 Å². The first-order valence-electron chi connectivity index (χ1n) is 8.31. The van der Waals surface area contributed by atoms with Crippen LogP contribution in [0.25, 0.3) is 0 Å². The Morgan fingerprint density at radius 2 is 1.70 bits per heavy atom. The van der Waals surface area contributed by atoms with Crippen molar-refractivity contribution in [2.24, 2.45) is 5.41 Å². The van der Waals surface area contributed by atoms with E-state index in [0.29, 0.717) is 17.7 Å². The molecule has 23 heavy (non-hydrogen) atoms. The van der Waals surface area contributed by atoms with Crippen molar-refractivity contribution in [3.63, 3.8) is 0 Å². The lowest BCUT2D eigenvalue weighted by Gasteiger charge is -2.24. The Balaban J connectivity index is 1.99. The summed E-state index contributed by atoms with van der Waals surface area (Å²) in [7, 11) is 0. The monoisotopic (exact) mass is 318 g/mol. The molecule has 1 aliphatic rings. The second kappa shape index (κ2) is 6.73. The van der Waals surface area contributed by atoms with Crippen LogP contribution in [0.2, 0.25) is 0 Å². The second-order valence-corrected chi connectivity index (χ2v) is 7.20. The SMILES string of the molecule is CCC(C)(C)C(=O)Oc1ccc(C(=O)OC2(C)CCCC2)cc1. The lowest BCUT2D eigenvalue weighted by molar-refractivity contribution is -0.144. The molecule has 1 aliphatic carbocycles. The van der Waals surface area contributed by atoms with Crippen molar-refractivity contribution < 1.29 is 19.1 Å². The summed E-state index contributed by atoms with van der Waals surface area (Å²) < 4.78 is 11.0. The zero-order valence-electron chi connectivity index (χ0n) is 14.5. The van der Waals surface area contributed by atoms with Gasteiger partial charge in [-0.05, 0) is 77.1 Å². The summed E-state index contributed by atoms with van der Waals surface area (Å²) in [4.78, 5) is 24.3. The van der Waals surface area contributed by atoms with E-state index in [2.05, 4.69) is 0 Å². The van der Waals surface area contributed by atoms with Gasteiger partial charge in [-0.15, -0.1) is 0 Å². The van der Waals surface area contributed by atoms with Crippen molar-refractivity contribution in [3.8, 4) is 5.75 Å². The first kappa shape index (κ1) is 17.5. The molecule has 0 N–H and O–H groups in total. The molecule has 4 heteroatoms. The van der Waals surface area contributed by atoms with Gasteiger partial charge in [-0.2, -0.15) is 0 Å². The van der Waals surface area contributed by atoms with Gasteiger partial charge in [-0.25, -0.2) is 4.79 Å². The normalized spacial score (nSPS) is 16.9. The Labute approximate surface area is 138 Å². The van der Waals surface area contributed by atoms with Crippen molar-refractivity contribution in [2.45, 2.75) is 65.4 Å². The maximum absolute atomic E-state index is 12.2. The number of carbonyl (C=O) groups excluding carboxylic acids is 2. The molecule has 4 nitrogen and oxygen atoms in total. The number of hydrogen-bond acceptors (Lipinski definition) is 4. The summed E-state index contributed by atoms with van der Waals surface area (Å²) in [6.07, 6.45) is 4.74. The van der Waals surface area contributed by atoms with Crippen LogP contribution in [0, 0.1) is 5.41 Å². The van der Waals surface area contributed by atoms with Crippen LogP contribution in [0.5, 0.6) is 5.75 Å². The Hall–Kier alpha value is -1.84. The van der Waals surface area contributed by atoms with Gasteiger partial charge in [0.1, 0.15) is 11.4 Å². The summed E-state index contributed by atoms with van der Waals surface area (Å²) in [6.45, 7) is 7.64. The molecule has 1 fully saturated rings. The van der Waals surface area contributed by atoms with Gasteiger partial charge in [0.15, 0.2) is 0 Å². The molecule has 0 atom stereocenters. The van der Waals surface area contributed by atoms with Crippen LogP contribution in [0.3, 0.4) is 0 Å². The van der Waals surface area contributed by atoms with Crippen LogP contribution in [-0.4, -0.2) is 17.5 Å². The molecule has 0 unspecified atom stereocenters. The molecule has 0 amide bonds. The average Bonchev–Trinajstić information content (AvgIpc) is 2.94. The molecule has 1 aromatic carbocycles. The van der Waals surface area contributed by atoms with Crippen LogP contribution in [0.4, 0.5) is 0 Å². The van der Waals surface area contributed by atoms with Crippen LogP contribution < -0.4 is 4.74 Å². The number of rotatable bonds is 5. The highest BCUT2D eigenvalue weighted by atomic mass is 16.6. The maximum Gasteiger partial charge on any atom is 0.338 e. The second-order valence-electron chi connectivity index (χ2n) is 7.20. The van der Waals surface area contributed by atoms with E-state index in [-0.39, 0.29) is 17.5 Å². The molecule has 0 bridgehead atoms. The van der Waals surface area contributed by atoms with Crippen molar-refractivity contribution in [1.82, 2.24) is 0 Å². The van der Waals surface area contributed by atoms with Gasteiger partial charge in [0.25, 0.3) is 0 Å². The number of benzene rings is 1. The minimum Gasteiger partial charge on any atom is -0.456 e. The summed E-state index contributed by atoms with van der Waals surface area (Å²) in [5, 5.41) is 0. The van der Waals surface area contributed by atoms with Crippen LogP contribution in [0.15, 0.2) is 24.3 Å². The zero-order valence-corrected chi connectivity index (χ0v) is 14.5. The predicted octanol–water partition coefficient (Wildman–Crippen LogP) is 4.52. The third-order valence-electron chi connectivity index (χ3n) is 4.74. The van der Waals surface area contributed by atoms with Gasteiger partial charge in [0.2, 0.25) is 0 Å². The van der Waals surface area contributed by atoms with E-state index in [9.17, 15) is 9.59 Å². The van der Waals surface area contributed by atoms with Crippen molar-refractivity contribution in [3.05, 3.63) is 29.8 Å². The van der Waals surface area contributed by atoms with Gasteiger partial charge < -0.3 is 9.47 Å². The highest BCUT2D eigenvalue weighted by molar-refractivity contribution is 5.90. The summed E-state index contributed by atoms with van der Waals surface area (Å²) in [6, 6.07) is 6.55. The predicted molar refractivity (Wildman–Crippen MR) is 88.4 cm³/mol. The average molecular weight is 318 g/mol. The number of ether oxygens (including phenoxy) is 2. The molecule has 0 heterocycles. The number of carbonyl (C=O) groups is 2. The first-order valence-corrected chi connectivity index (χ1v) is 8.31. The van der Waals surface area contributed by atoms with E-state index in [0.717, 1.165) is 25.7 Å². The molecular formula is C19H26O4. The van der Waals surface area contributed by atoms with Crippen molar-refractivity contribution in [1.29, 1.82) is 0 Å². The molecule has 0 aliphatic heterocycles. The van der Waals surface area contributed by atoms with Gasteiger partial charge >= 0.3 is 11.9 Å². The number of hydrogen-bond donors (Lipinski definition) is 0. The fraction of sp³-hybridized carbons (Fsp3) is 0.579. The fourth-order valence-electron chi connectivity index (χ4n) is 2.56. The molecule has 1 saturated carbocycles. The molecule has 2 rings (SSSR count). The number of esters is 2. The van der Waals surface area contributed by atoms with E-state index in [1.807, 2.05) is 27.7 Å². The largest absolute Gasteiger partial charge is 0.456 e. The summed E-state index contributed by atoms with van der Waals surface area (Å²) in [5.74, 6) is -0.143. The smallest absolute Gasteiger partial charge is 0.338 e. The van der Waals surface area contributed by atoms with Crippen LogP contribution in [-0.2, 0) is 9.53 Å². The van der Waals surface area contributed by atoms with Gasteiger partial charge in [-0.1, -0.05) is 6.92 Å². The lowest BCUT2D eigenvalue weighted by atomic mass is 9.91. The zero-order chi connectivity index (χ0) is 17.1. The van der Waals surface area contributed by atoms with Crippen LogP contribution in [0.1, 0.15) is 70.2 Å². The van der Waals surface area contributed by atoms with E-state index in [1.54, 1.807) is 24.3 Å². The van der Waals surface area contributed by atoms with E-state index < -0.39 is 5.41 Å². The summed E-state index contributed by atoms with van der Waals surface area (Å²) in [5.41, 5.74) is -0.380. The maximum atomic E-state index is 12.2. The highest BCUT2D eigenvalue weighted by Crippen LogP contribution is 2.33. The molecular weight excluding hydrogens is 292 g/mol. The molecule has 0 aromatic heterocycles. The third-order valence-corrected chi connectivity index (χ3v) is 4.74. The quantitative estimate of drug-likeness (QED) is 0.592. The minimum atomic E-state index is -0.519. The van der Waals surface area contributed by atoms with Crippen LogP contribution >= 0.6 is 0 Å². The Bertz CT molecular complexity index is 566. The topological polar surface area (TPSA) is 52.6 Å². The highest BCUT2D eigenvalue weighted by Gasteiger charge is 2.33. The van der Waals surface area contributed by atoms with Gasteiger partial charge in [-0.3, -0.25) is 4.79 Å². The molecule has 0 saturated heterocycles. The Kier molecular flexibility index (Phi) is 5.12. The van der Waals surface area contributed by atoms with Gasteiger partial charge in [0.05, 0.1) is 11.0 Å². The minimum absolute atomic E-state index is 0.270. The Morgan fingerprint density at radius 3 is 2.22 bits per heavy atom. The van der Waals surface area contributed by atoms with E-state index in [4.69, 9.17) is 9.47 Å². The molecule has 126 valence electrons. The van der Waals surface area contributed by atoms with Crippen molar-refractivity contribution in [2.75, 3.05) is 0 Å².